The summed E-state index contributed by atoms with van der Waals surface area (Å²) in [6, 6.07) is 0. The van der Waals surface area contributed by atoms with E-state index < -0.39 is 22.3 Å². The van der Waals surface area contributed by atoms with Crippen molar-refractivity contribution in [3.8, 4) is 0 Å². The van der Waals surface area contributed by atoms with Gasteiger partial charge in [0.15, 0.2) is 0 Å². The molecule has 0 aromatic rings. The zero-order valence-corrected chi connectivity index (χ0v) is 9.56. The van der Waals surface area contributed by atoms with Gasteiger partial charge in [-0.25, -0.2) is 9.13 Å². The van der Waals surface area contributed by atoms with E-state index in [4.69, 9.17) is 16.1 Å². The molecule has 0 radical (unpaired) electrons. The molecule has 8 nitrogen and oxygen atoms in total. The van der Waals surface area contributed by atoms with Gasteiger partial charge < -0.3 is 19.8 Å². The van der Waals surface area contributed by atoms with Gasteiger partial charge >= 0.3 is 15.6 Å². The minimum absolute atomic E-state index is 0.0154. The fourth-order valence-electron chi connectivity index (χ4n) is 0.491. The zero-order chi connectivity index (χ0) is 12.8. The maximum atomic E-state index is 10.9. The van der Waals surface area contributed by atoms with E-state index in [2.05, 4.69) is 13.9 Å². The van der Waals surface area contributed by atoms with Crippen LogP contribution in [0.3, 0.4) is 0 Å². The van der Waals surface area contributed by atoms with E-state index in [-0.39, 0.29) is 6.61 Å². The molecule has 0 aromatic heterocycles. The number of phosphoric acid groups is 2. The van der Waals surface area contributed by atoms with E-state index in [0.717, 1.165) is 0 Å². The van der Waals surface area contributed by atoms with Gasteiger partial charge in [0.2, 0.25) is 1.43 Å². The molecule has 0 aliphatic carbocycles. The van der Waals surface area contributed by atoms with Crippen LogP contribution in [0.2, 0.25) is 0 Å². The first-order valence-electron chi connectivity index (χ1n) is 4.05. The second-order valence-electron chi connectivity index (χ2n) is 2.53. The van der Waals surface area contributed by atoms with Crippen molar-refractivity contribution in [1.29, 1.82) is 1.43 Å². The molecule has 15 heavy (non-hydrogen) atoms. The summed E-state index contributed by atoms with van der Waals surface area (Å²) in [7, 11) is -9.86. The summed E-state index contributed by atoms with van der Waals surface area (Å²) in [5.41, 5.74) is 0.547. The summed E-state index contributed by atoms with van der Waals surface area (Å²) in [6.45, 7) is 1.16. The molecule has 0 heterocycles. The van der Waals surface area contributed by atoms with Crippen molar-refractivity contribution < 1.29 is 37.8 Å². The first-order chi connectivity index (χ1) is 7.16. The lowest BCUT2D eigenvalue weighted by molar-refractivity contribution is 0.190. The van der Waals surface area contributed by atoms with Gasteiger partial charge in [-0.15, -0.1) is 0 Å². The SMILES string of the molecule is [3H]OC/C(C)=C/COP(=O)(O)OP(=O)(O)O. The largest absolute Gasteiger partial charge is 0.481 e. The Morgan fingerprint density at radius 1 is 1.47 bits per heavy atom. The highest BCUT2D eigenvalue weighted by atomic mass is 31.3. The predicted octanol–water partition coefficient (Wildman–Crippen LogP) is 0.151. The quantitative estimate of drug-likeness (QED) is 0.377. The molecule has 0 rings (SSSR count). The van der Waals surface area contributed by atoms with Gasteiger partial charge in [-0.1, -0.05) is 6.08 Å². The van der Waals surface area contributed by atoms with Crippen LogP contribution in [0.25, 0.3) is 0 Å². The Morgan fingerprint density at radius 3 is 2.53 bits per heavy atom. The van der Waals surface area contributed by atoms with E-state index in [1.807, 2.05) is 0 Å². The highest BCUT2D eigenvalue weighted by Gasteiger charge is 2.31. The van der Waals surface area contributed by atoms with Gasteiger partial charge in [-0.3, -0.25) is 4.52 Å². The summed E-state index contributed by atoms with van der Waals surface area (Å²) < 4.78 is 35.3. The van der Waals surface area contributed by atoms with Crippen LogP contribution in [-0.4, -0.2) is 34.4 Å². The summed E-state index contributed by atoms with van der Waals surface area (Å²) in [5, 5.41) is 4.01. The first kappa shape index (κ1) is 13.0. The van der Waals surface area contributed by atoms with E-state index in [1.165, 1.54) is 6.08 Å². The van der Waals surface area contributed by atoms with Gasteiger partial charge in [-0.05, 0) is 12.5 Å². The van der Waals surface area contributed by atoms with Crippen LogP contribution >= 0.6 is 15.6 Å². The number of hydrogen-bond acceptors (Lipinski definition) is 5. The molecule has 1 unspecified atom stereocenters. The Labute approximate surface area is 87.5 Å². The molecule has 0 saturated carbocycles. The first-order valence-corrected chi connectivity index (χ1v) is 6.67. The lowest BCUT2D eigenvalue weighted by Crippen LogP contribution is -1.95. The zero-order valence-electron chi connectivity index (χ0n) is 8.77. The molecule has 4 N–H and O–H groups in total. The van der Waals surface area contributed by atoms with Crippen LogP contribution in [0.1, 0.15) is 6.92 Å². The summed E-state index contributed by atoms with van der Waals surface area (Å²) in [5.74, 6) is 0. The highest BCUT2D eigenvalue weighted by molar-refractivity contribution is 7.60. The third kappa shape index (κ3) is 8.92. The molecular weight excluding hydrogens is 250 g/mol. The van der Waals surface area contributed by atoms with Gasteiger partial charge in [-0.2, -0.15) is 4.31 Å². The second-order valence-corrected chi connectivity index (χ2v) is 5.36. The molecular formula is C5H12O8P2. The average molecular weight is 264 g/mol. The number of phosphoric ester groups is 1. The standard InChI is InChI=1S/C5H12O8P2/c1-5(4-6)2-3-12-15(10,11)13-14(7,8)9/h2,6H,3-4H2,1H3,(H,10,11)(H2,7,8,9)/b5-2+/i6T. The lowest BCUT2D eigenvalue weighted by Gasteiger charge is -2.11. The van der Waals surface area contributed by atoms with Crippen LogP contribution in [0.15, 0.2) is 11.6 Å². The second kappa shape index (κ2) is 5.89. The number of hydrogen-bond donors (Lipinski definition) is 4. The minimum Gasteiger partial charge on any atom is -0.392 e. The molecule has 0 bridgehead atoms. The van der Waals surface area contributed by atoms with Crippen molar-refractivity contribution in [2.24, 2.45) is 0 Å². The van der Waals surface area contributed by atoms with Crippen molar-refractivity contribution >= 4 is 15.6 Å². The molecule has 0 saturated heterocycles. The number of aliphatic hydroxyl groups excluding tert-OH is 1. The summed E-state index contributed by atoms with van der Waals surface area (Å²) >= 11 is 0. The maximum Gasteiger partial charge on any atom is 0.481 e. The Hall–Kier alpha value is -0.0400. The molecule has 1 atom stereocenters. The van der Waals surface area contributed by atoms with E-state index >= 15 is 0 Å². The van der Waals surface area contributed by atoms with Gasteiger partial charge in [0.25, 0.3) is 0 Å². The van der Waals surface area contributed by atoms with Gasteiger partial charge in [0.05, 0.1) is 13.2 Å². The lowest BCUT2D eigenvalue weighted by atomic mass is 10.3. The topological polar surface area (TPSA) is 134 Å². The smallest absolute Gasteiger partial charge is 0.392 e. The van der Waals surface area contributed by atoms with Crippen LogP contribution < -0.4 is 0 Å². The Balaban J connectivity index is 4.15. The highest BCUT2D eigenvalue weighted by Crippen LogP contribution is 2.57. The Kier molecular flexibility index (Phi) is 5.11. The average Bonchev–Trinajstić information content (AvgIpc) is 1.98. The molecule has 0 aliphatic rings. The Bertz CT molecular complexity index is 335. The van der Waals surface area contributed by atoms with E-state index in [9.17, 15) is 9.13 Å². The summed E-state index contributed by atoms with van der Waals surface area (Å²) in [4.78, 5) is 25.3. The maximum absolute atomic E-state index is 10.9. The van der Waals surface area contributed by atoms with Crippen LogP contribution in [0, 0.1) is 0 Å². The van der Waals surface area contributed by atoms with Crippen LogP contribution in [0.5, 0.6) is 0 Å². The van der Waals surface area contributed by atoms with Crippen molar-refractivity contribution in [1.82, 2.24) is 0 Å². The monoisotopic (exact) mass is 264 g/mol. The molecule has 0 spiro atoms. The predicted molar refractivity (Wildman–Crippen MR) is 49.7 cm³/mol. The van der Waals surface area contributed by atoms with Gasteiger partial charge in [0.1, 0.15) is 0 Å². The third-order valence-electron chi connectivity index (χ3n) is 1.11. The van der Waals surface area contributed by atoms with Crippen molar-refractivity contribution in [2.75, 3.05) is 13.2 Å². The number of aliphatic hydroxyl groups is 1. The molecule has 0 aromatic carbocycles. The fraction of sp³-hybridized carbons (Fsp3) is 0.600. The molecule has 0 fully saturated rings. The fourth-order valence-corrected chi connectivity index (χ4v) is 2.02. The van der Waals surface area contributed by atoms with E-state index in [1.54, 1.807) is 6.92 Å². The van der Waals surface area contributed by atoms with Crippen molar-refractivity contribution in [2.45, 2.75) is 6.92 Å². The normalized spacial score (nSPS) is 18.4. The van der Waals surface area contributed by atoms with Crippen LogP contribution in [0.4, 0.5) is 0 Å². The van der Waals surface area contributed by atoms with Crippen LogP contribution in [-0.2, 0) is 18.0 Å². The van der Waals surface area contributed by atoms with Gasteiger partial charge in [0, 0.05) is 0 Å². The minimum atomic E-state index is -5.08. The molecule has 10 heteroatoms. The third-order valence-corrected chi connectivity index (χ3v) is 3.26. The number of rotatable bonds is 7. The molecule has 90 valence electrons. The van der Waals surface area contributed by atoms with E-state index in [0.29, 0.717) is 5.57 Å². The van der Waals surface area contributed by atoms with Crippen molar-refractivity contribution in [3.63, 3.8) is 0 Å². The van der Waals surface area contributed by atoms with Crippen molar-refractivity contribution in [3.05, 3.63) is 11.6 Å². The molecule has 0 aliphatic heterocycles. The Morgan fingerprint density at radius 2 is 2.07 bits per heavy atom. The summed E-state index contributed by atoms with van der Waals surface area (Å²) in [6.07, 6.45) is 1.31. The molecule has 0 amide bonds.